The number of halogens is 2. The van der Waals surface area contributed by atoms with Crippen molar-refractivity contribution in [2.45, 2.75) is 0 Å². The molecule has 0 aliphatic heterocycles. The standard InChI is InChI=1S/C12H9Cl2NO3/c1-17-12(16)7-18-6-8(5-15)10-3-2-9(13)4-11(10)14/h2-4,6H,7H2,1H3/b8-6+. The van der Waals surface area contributed by atoms with Crippen LogP contribution >= 0.6 is 23.2 Å². The number of benzene rings is 1. The number of rotatable bonds is 4. The molecule has 0 amide bonds. The summed E-state index contributed by atoms with van der Waals surface area (Å²) in [6.07, 6.45) is 1.16. The van der Waals surface area contributed by atoms with Gasteiger partial charge in [0.05, 0.1) is 17.7 Å². The second kappa shape index (κ2) is 6.90. The van der Waals surface area contributed by atoms with Gasteiger partial charge in [-0.25, -0.2) is 4.79 Å². The first-order valence-corrected chi connectivity index (χ1v) is 5.58. The molecule has 1 aromatic rings. The maximum absolute atomic E-state index is 10.8. The van der Waals surface area contributed by atoms with Gasteiger partial charge in [-0.2, -0.15) is 5.26 Å². The van der Waals surface area contributed by atoms with E-state index in [1.165, 1.54) is 13.2 Å². The van der Waals surface area contributed by atoms with Crippen molar-refractivity contribution in [3.05, 3.63) is 40.1 Å². The molecule has 6 heteroatoms. The van der Waals surface area contributed by atoms with Gasteiger partial charge < -0.3 is 9.47 Å². The van der Waals surface area contributed by atoms with Gasteiger partial charge in [-0.05, 0) is 12.1 Å². The second-order valence-electron chi connectivity index (χ2n) is 3.15. The third kappa shape index (κ3) is 3.95. The largest absolute Gasteiger partial charge is 0.488 e. The van der Waals surface area contributed by atoms with Crippen molar-refractivity contribution in [2.24, 2.45) is 0 Å². The van der Waals surface area contributed by atoms with Gasteiger partial charge >= 0.3 is 5.97 Å². The molecule has 0 heterocycles. The number of allylic oxidation sites excluding steroid dienone is 1. The molecule has 0 N–H and O–H groups in total. The molecule has 4 nitrogen and oxygen atoms in total. The van der Waals surface area contributed by atoms with E-state index in [1.54, 1.807) is 12.1 Å². The Balaban J connectivity index is 2.86. The Kier molecular flexibility index (Phi) is 5.50. The maximum atomic E-state index is 10.8. The van der Waals surface area contributed by atoms with Crippen LogP contribution in [0.15, 0.2) is 24.5 Å². The lowest BCUT2D eigenvalue weighted by molar-refractivity contribution is -0.143. The fourth-order valence-electron chi connectivity index (χ4n) is 1.11. The molecule has 94 valence electrons. The van der Waals surface area contributed by atoms with Gasteiger partial charge in [0, 0.05) is 10.6 Å². The van der Waals surface area contributed by atoms with Crippen molar-refractivity contribution in [3.63, 3.8) is 0 Å². The van der Waals surface area contributed by atoms with Gasteiger partial charge in [-0.3, -0.25) is 0 Å². The molecule has 18 heavy (non-hydrogen) atoms. The summed E-state index contributed by atoms with van der Waals surface area (Å²) in [5.41, 5.74) is 0.675. The van der Waals surface area contributed by atoms with Crippen molar-refractivity contribution >= 4 is 34.7 Å². The summed E-state index contributed by atoms with van der Waals surface area (Å²) >= 11 is 11.7. The van der Waals surface area contributed by atoms with Gasteiger partial charge in [0.1, 0.15) is 12.3 Å². The van der Waals surface area contributed by atoms with E-state index in [1.807, 2.05) is 6.07 Å². The number of methoxy groups -OCH3 is 1. The van der Waals surface area contributed by atoms with Gasteiger partial charge in [-0.1, -0.05) is 29.3 Å². The minimum atomic E-state index is -0.536. The summed E-state index contributed by atoms with van der Waals surface area (Å²) in [5, 5.41) is 9.79. The lowest BCUT2D eigenvalue weighted by Crippen LogP contribution is -2.07. The molecule has 0 saturated heterocycles. The molecule has 1 aromatic carbocycles. The average molecular weight is 286 g/mol. The minimum absolute atomic E-state index is 0.195. The topological polar surface area (TPSA) is 59.3 Å². The molecule has 0 aromatic heterocycles. The average Bonchev–Trinajstić information content (AvgIpc) is 2.35. The SMILES string of the molecule is COC(=O)CO/C=C(\C#N)c1ccc(Cl)cc1Cl. The Morgan fingerprint density at radius 3 is 2.78 bits per heavy atom. The van der Waals surface area contributed by atoms with Crippen LogP contribution < -0.4 is 0 Å². The minimum Gasteiger partial charge on any atom is -0.488 e. The number of carbonyl (C=O) groups excluding carboxylic acids is 1. The fraction of sp³-hybridized carbons (Fsp3) is 0.167. The highest BCUT2D eigenvalue weighted by Gasteiger charge is 2.08. The summed E-state index contributed by atoms with van der Waals surface area (Å²) in [5.74, 6) is -0.536. The van der Waals surface area contributed by atoms with E-state index >= 15 is 0 Å². The molecule has 0 atom stereocenters. The molecule has 0 unspecified atom stereocenters. The number of nitriles is 1. The summed E-state index contributed by atoms with van der Waals surface area (Å²) in [4.78, 5) is 10.8. The molecule has 0 aliphatic rings. The van der Waals surface area contributed by atoms with Gasteiger partial charge in [0.2, 0.25) is 0 Å². The van der Waals surface area contributed by atoms with Crippen LogP contribution in [0, 0.1) is 11.3 Å². The zero-order valence-electron chi connectivity index (χ0n) is 9.44. The first kappa shape index (κ1) is 14.4. The predicted octanol–water partition coefficient (Wildman–Crippen LogP) is 3.05. The number of hydrogen-bond acceptors (Lipinski definition) is 4. The summed E-state index contributed by atoms with van der Waals surface area (Å²) < 4.78 is 9.32. The number of ether oxygens (including phenoxy) is 2. The van der Waals surface area contributed by atoms with E-state index in [9.17, 15) is 4.79 Å². The van der Waals surface area contributed by atoms with E-state index < -0.39 is 5.97 Å². The lowest BCUT2D eigenvalue weighted by atomic mass is 10.1. The molecular weight excluding hydrogens is 277 g/mol. The van der Waals surface area contributed by atoms with Gasteiger partial charge in [0.15, 0.2) is 6.61 Å². The first-order chi connectivity index (χ1) is 8.58. The van der Waals surface area contributed by atoms with E-state index in [2.05, 4.69) is 4.74 Å². The Bertz CT molecular complexity index is 521. The Labute approximate surface area is 114 Å². The molecule has 0 aliphatic carbocycles. The molecule has 1 rings (SSSR count). The van der Waals surface area contributed by atoms with Crippen molar-refractivity contribution in [1.29, 1.82) is 5.26 Å². The van der Waals surface area contributed by atoms with Crippen LogP contribution in [-0.2, 0) is 14.3 Å². The monoisotopic (exact) mass is 285 g/mol. The van der Waals surface area contributed by atoms with Crippen molar-refractivity contribution in [1.82, 2.24) is 0 Å². The third-order valence-corrected chi connectivity index (χ3v) is 2.52. The van der Waals surface area contributed by atoms with Crippen LogP contribution in [0.4, 0.5) is 0 Å². The van der Waals surface area contributed by atoms with E-state index in [0.29, 0.717) is 15.6 Å². The van der Waals surface area contributed by atoms with Crippen LogP contribution in [0.2, 0.25) is 10.0 Å². The Hall–Kier alpha value is -1.70. The summed E-state index contributed by atoms with van der Waals surface area (Å²) in [6, 6.07) is 6.65. The lowest BCUT2D eigenvalue weighted by Gasteiger charge is -2.04. The van der Waals surface area contributed by atoms with E-state index in [4.69, 9.17) is 33.2 Å². The van der Waals surface area contributed by atoms with Crippen molar-refractivity contribution < 1.29 is 14.3 Å². The summed E-state index contributed by atoms with van der Waals surface area (Å²) in [7, 11) is 1.25. The molecule has 0 saturated carbocycles. The zero-order valence-corrected chi connectivity index (χ0v) is 11.0. The highest BCUT2D eigenvalue weighted by molar-refractivity contribution is 6.35. The molecule has 0 radical (unpaired) electrons. The Morgan fingerprint density at radius 2 is 2.22 bits per heavy atom. The normalized spacial score (nSPS) is 10.7. The zero-order chi connectivity index (χ0) is 13.5. The fourth-order valence-corrected chi connectivity index (χ4v) is 1.62. The van der Waals surface area contributed by atoms with Crippen LogP contribution in [-0.4, -0.2) is 19.7 Å². The second-order valence-corrected chi connectivity index (χ2v) is 4.00. The quantitative estimate of drug-likeness (QED) is 0.485. The number of nitrogens with zero attached hydrogens (tertiary/aromatic N) is 1. The number of hydrogen-bond donors (Lipinski definition) is 0. The molecule has 0 spiro atoms. The van der Waals surface area contributed by atoms with Crippen molar-refractivity contribution in [2.75, 3.05) is 13.7 Å². The number of esters is 1. The van der Waals surface area contributed by atoms with Crippen molar-refractivity contribution in [3.8, 4) is 6.07 Å². The summed E-state index contributed by atoms with van der Waals surface area (Å²) in [6.45, 7) is -0.271. The smallest absolute Gasteiger partial charge is 0.343 e. The predicted molar refractivity (Wildman–Crippen MR) is 68.0 cm³/mol. The van der Waals surface area contributed by atoms with E-state index in [-0.39, 0.29) is 12.2 Å². The molecule has 0 bridgehead atoms. The Morgan fingerprint density at radius 1 is 1.50 bits per heavy atom. The van der Waals surface area contributed by atoms with Crippen LogP contribution in [0.3, 0.4) is 0 Å². The maximum Gasteiger partial charge on any atom is 0.343 e. The highest BCUT2D eigenvalue weighted by Crippen LogP contribution is 2.26. The van der Waals surface area contributed by atoms with E-state index in [0.717, 1.165) is 6.26 Å². The van der Waals surface area contributed by atoms with Gasteiger partial charge in [-0.15, -0.1) is 0 Å². The van der Waals surface area contributed by atoms with Gasteiger partial charge in [0.25, 0.3) is 0 Å². The van der Waals surface area contributed by atoms with Crippen LogP contribution in [0.25, 0.3) is 5.57 Å². The highest BCUT2D eigenvalue weighted by atomic mass is 35.5. The molecular formula is C12H9Cl2NO3. The molecule has 0 fully saturated rings. The number of carbonyl (C=O) groups is 1. The van der Waals surface area contributed by atoms with Crippen LogP contribution in [0.1, 0.15) is 5.56 Å². The first-order valence-electron chi connectivity index (χ1n) is 4.82. The third-order valence-electron chi connectivity index (χ3n) is 1.97. The van der Waals surface area contributed by atoms with Crippen LogP contribution in [0.5, 0.6) is 0 Å².